The fourth-order valence-electron chi connectivity index (χ4n) is 1.74. The summed E-state index contributed by atoms with van der Waals surface area (Å²) in [5.41, 5.74) is 0.669. The van der Waals surface area contributed by atoms with Gasteiger partial charge in [0.2, 0.25) is 0 Å². The van der Waals surface area contributed by atoms with Gasteiger partial charge >= 0.3 is 0 Å². The number of phenols is 1. The van der Waals surface area contributed by atoms with Crippen molar-refractivity contribution in [2.75, 3.05) is 0 Å². The molecular formula is C15H11FN2O2S. The van der Waals surface area contributed by atoms with Gasteiger partial charge < -0.3 is 9.63 Å². The number of aromatic hydroxyl groups is 1. The molecule has 0 aliphatic carbocycles. The highest BCUT2D eigenvalue weighted by molar-refractivity contribution is 7.98. The predicted octanol–water partition coefficient (Wildman–Crippen LogP) is 3.87. The van der Waals surface area contributed by atoms with E-state index in [9.17, 15) is 9.50 Å². The van der Waals surface area contributed by atoms with Crippen LogP contribution in [0.1, 0.15) is 5.82 Å². The van der Waals surface area contributed by atoms with Gasteiger partial charge in [-0.2, -0.15) is 4.98 Å². The van der Waals surface area contributed by atoms with Crippen molar-refractivity contribution in [3.8, 4) is 17.2 Å². The highest BCUT2D eigenvalue weighted by Gasteiger charge is 2.10. The van der Waals surface area contributed by atoms with Crippen molar-refractivity contribution in [2.24, 2.45) is 0 Å². The number of thioether (sulfide) groups is 1. The van der Waals surface area contributed by atoms with Gasteiger partial charge in [-0.15, -0.1) is 11.8 Å². The average molecular weight is 302 g/mol. The molecule has 0 saturated heterocycles. The molecule has 1 aromatic heterocycles. The van der Waals surface area contributed by atoms with Gasteiger partial charge in [-0.05, 0) is 36.4 Å². The summed E-state index contributed by atoms with van der Waals surface area (Å²) in [6.45, 7) is 0. The van der Waals surface area contributed by atoms with Crippen molar-refractivity contribution >= 4 is 11.8 Å². The first-order valence-electron chi connectivity index (χ1n) is 6.22. The van der Waals surface area contributed by atoms with E-state index in [-0.39, 0.29) is 11.6 Å². The van der Waals surface area contributed by atoms with E-state index in [1.165, 1.54) is 23.9 Å². The van der Waals surface area contributed by atoms with Gasteiger partial charge in [-0.1, -0.05) is 17.3 Å². The normalized spacial score (nSPS) is 10.7. The highest BCUT2D eigenvalue weighted by atomic mass is 32.2. The predicted molar refractivity (Wildman–Crippen MR) is 77.4 cm³/mol. The van der Waals surface area contributed by atoms with E-state index < -0.39 is 0 Å². The molecule has 4 nitrogen and oxygen atoms in total. The Labute approximate surface area is 124 Å². The molecular weight excluding hydrogens is 291 g/mol. The fraction of sp³-hybridized carbons (Fsp3) is 0.0667. The van der Waals surface area contributed by atoms with Crippen LogP contribution in [0.2, 0.25) is 0 Å². The largest absolute Gasteiger partial charge is 0.507 e. The Morgan fingerprint density at radius 3 is 2.62 bits per heavy atom. The maximum absolute atomic E-state index is 12.9. The lowest BCUT2D eigenvalue weighted by Gasteiger charge is -2.00. The molecule has 21 heavy (non-hydrogen) atoms. The summed E-state index contributed by atoms with van der Waals surface area (Å²) in [4.78, 5) is 5.01. The van der Waals surface area contributed by atoms with Crippen LogP contribution >= 0.6 is 11.8 Å². The van der Waals surface area contributed by atoms with Crippen LogP contribution in [0, 0.1) is 5.82 Å². The van der Waals surface area contributed by atoms with Crippen molar-refractivity contribution < 1.29 is 14.0 Å². The van der Waals surface area contributed by atoms with Gasteiger partial charge in [0.15, 0.2) is 5.82 Å². The molecule has 106 valence electrons. The summed E-state index contributed by atoms with van der Waals surface area (Å²) in [7, 11) is 0. The standard InChI is InChI=1S/C15H11FN2O2S/c16-11-7-5-10(6-8-11)15-17-14(18-20-15)9-21-13-4-2-1-3-12(13)19/h1-8,19H,9H2. The molecule has 0 fully saturated rings. The molecule has 3 aromatic rings. The maximum Gasteiger partial charge on any atom is 0.257 e. The Morgan fingerprint density at radius 1 is 1.10 bits per heavy atom. The Balaban J connectivity index is 1.71. The number of nitrogens with zero attached hydrogens (tertiary/aromatic N) is 2. The van der Waals surface area contributed by atoms with Crippen molar-refractivity contribution in [3.63, 3.8) is 0 Å². The van der Waals surface area contributed by atoms with Crippen LogP contribution in [0.4, 0.5) is 4.39 Å². The average Bonchev–Trinajstić information content (AvgIpc) is 2.96. The van der Waals surface area contributed by atoms with Crippen LogP contribution in [0.15, 0.2) is 57.9 Å². The first kappa shape index (κ1) is 13.6. The number of halogens is 1. The number of rotatable bonds is 4. The zero-order valence-electron chi connectivity index (χ0n) is 10.9. The second kappa shape index (κ2) is 5.97. The molecule has 0 saturated carbocycles. The van der Waals surface area contributed by atoms with E-state index in [1.807, 2.05) is 12.1 Å². The summed E-state index contributed by atoms with van der Waals surface area (Å²) in [6, 6.07) is 12.9. The topological polar surface area (TPSA) is 59.2 Å². The zero-order valence-corrected chi connectivity index (χ0v) is 11.7. The van der Waals surface area contributed by atoms with Gasteiger partial charge in [0, 0.05) is 10.5 Å². The molecule has 2 aromatic carbocycles. The minimum atomic E-state index is -0.311. The van der Waals surface area contributed by atoms with Gasteiger partial charge in [0.1, 0.15) is 11.6 Å². The summed E-state index contributed by atoms with van der Waals surface area (Å²) in [5.74, 6) is 1.26. The maximum atomic E-state index is 12.9. The van der Waals surface area contributed by atoms with Crippen LogP contribution in [-0.2, 0) is 5.75 Å². The molecule has 0 spiro atoms. The van der Waals surface area contributed by atoms with Crippen LogP contribution in [0.25, 0.3) is 11.5 Å². The number of phenolic OH excluding ortho intramolecular Hbond substituents is 1. The lowest BCUT2D eigenvalue weighted by molar-refractivity contribution is 0.425. The number of hydrogen-bond acceptors (Lipinski definition) is 5. The second-order valence-corrected chi connectivity index (χ2v) is 5.30. The fourth-order valence-corrected chi connectivity index (χ4v) is 2.54. The van der Waals surface area contributed by atoms with Gasteiger partial charge in [0.05, 0.1) is 5.75 Å². The second-order valence-electron chi connectivity index (χ2n) is 4.28. The molecule has 3 rings (SSSR count). The summed E-state index contributed by atoms with van der Waals surface area (Å²) in [5, 5.41) is 13.6. The third-order valence-electron chi connectivity index (χ3n) is 2.78. The van der Waals surface area contributed by atoms with E-state index in [2.05, 4.69) is 10.1 Å². The molecule has 0 unspecified atom stereocenters. The molecule has 1 N–H and O–H groups in total. The Bertz CT molecular complexity index is 743. The van der Waals surface area contributed by atoms with Crippen LogP contribution in [-0.4, -0.2) is 15.2 Å². The van der Waals surface area contributed by atoms with Crippen LogP contribution in [0.3, 0.4) is 0 Å². The Kier molecular flexibility index (Phi) is 3.87. The Morgan fingerprint density at radius 2 is 1.86 bits per heavy atom. The van der Waals surface area contributed by atoms with E-state index in [1.54, 1.807) is 24.3 Å². The minimum Gasteiger partial charge on any atom is -0.507 e. The summed E-state index contributed by atoms with van der Waals surface area (Å²) >= 11 is 1.42. The minimum absolute atomic E-state index is 0.227. The first-order valence-corrected chi connectivity index (χ1v) is 7.20. The molecule has 0 amide bonds. The van der Waals surface area contributed by atoms with Crippen molar-refractivity contribution in [3.05, 3.63) is 60.2 Å². The van der Waals surface area contributed by atoms with Crippen molar-refractivity contribution in [2.45, 2.75) is 10.6 Å². The lowest BCUT2D eigenvalue weighted by atomic mass is 10.2. The molecule has 1 heterocycles. The summed E-state index contributed by atoms with van der Waals surface area (Å²) in [6.07, 6.45) is 0. The lowest BCUT2D eigenvalue weighted by Crippen LogP contribution is -1.85. The van der Waals surface area contributed by atoms with Crippen LogP contribution in [0.5, 0.6) is 5.75 Å². The number of aromatic nitrogens is 2. The van der Waals surface area contributed by atoms with Gasteiger partial charge in [0.25, 0.3) is 5.89 Å². The van der Waals surface area contributed by atoms with Gasteiger partial charge in [-0.3, -0.25) is 0 Å². The van der Waals surface area contributed by atoms with Crippen molar-refractivity contribution in [1.82, 2.24) is 10.1 Å². The molecule has 0 atom stereocenters. The quantitative estimate of drug-likeness (QED) is 0.741. The number of para-hydroxylation sites is 1. The van der Waals surface area contributed by atoms with E-state index in [0.717, 1.165) is 4.90 Å². The zero-order chi connectivity index (χ0) is 14.7. The molecule has 0 bridgehead atoms. The molecule has 6 heteroatoms. The van der Waals surface area contributed by atoms with Gasteiger partial charge in [-0.25, -0.2) is 4.39 Å². The van der Waals surface area contributed by atoms with E-state index >= 15 is 0 Å². The third-order valence-corrected chi connectivity index (χ3v) is 3.84. The summed E-state index contributed by atoms with van der Waals surface area (Å²) < 4.78 is 18.0. The number of hydrogen-bond donors (Lipinski definition) is 1. The SMILES string of the molecule is Oc1ccccc1SCc1noc(-c2ccc(F)cc2)n1. The van der Waals surface area contributed by atoms with Crippen molar-refractivity contribution in [1.29, 1.82) is 0 Å². The smallest absolute Gasteiger partial charge is 0.257 e. The first-order chi connectivity index (χ1) is 10.2. The van der Waals surface area contributed by atoms with E-state index in [0.29, 0.717) is 23.0 Å². The highest BCUT2D eigenvalue weighted by Crippen LogP contribution is 2.30. The van der Waals surface area contributed by atoms with E-state index in [4.69, 9.17) is 4.52 Å². The monoisotopic (exact) mass is 302 g/mol. The molecule has 0 aliphatic heterocycles. The molecule has 0 aliphatic rings. The van der Waals surface area contributed by atoms with Crippen LogP contribution < -0.4 is 0 Å². The number of benzene rings is 2. The Hall–Kier alpha value is -2.34. The molecule has 0 radical (unpaired) electrons. The third kappa shape index (κ3) is 3.22.